The normalized spacial score (nSPS) is 11.8. The fourth-order valence-electron chi connectivity index (χ4n) is 2.05. The standard InChI is InChI=1S/C15H9F3N2O/c16-15(17,18)10-4-1-3-9(7-10)13-8-11-12(19-20-13)5-2-6-14(11)21/h1-8,21H. The van der Waals surface area contributed by atoms with Gasteiger partial charge >= 0.3 is 6.18 Å². The summed E-state index contributed by atoms with van der Waals surface area (Å²) in [5.41, 5.74) is 0.294. The Morgan fingerprint density at radius 2 is 1.67 bits per heavy atom. The van der Waals surface area contributed by atoms with E-state index >= 15 is 0 Å². The van der Waals surface area contributed by atoms with Gasteiger partial charge in [0.1, 0.15) is 5.75 Å². The number of aromatic nitrogens is 2. The van der Waals surface area contributed by atoms with Crippen LogP contribution in [-0.2, 0) is 6.18 Å². The first kappa shape index (κ1) is 13.4. The van der Waals surface area contributed by atoms with Crippen molar-refractivity contribution in [1.82, 2.24) is 10.2 Å². The van der Waals surface area contributed by atoms with E-state index in [0.717, 1.165) is 12.1 Å². The maximum absolute atomic E-state index is 12.7. The summed E-state index contributed by atoms with van der Waals surface area (Å²) in [7, 11) is 0. The van der Waals surface area contributed by atoms with Crippen LogP contribution in [0.2, 0.25) is 0 Å². The highest BCUT2D eigenvalue weighted by Crippen LogP contribution is 2.32. The molecule has 0 saturated carbocycles. The lowest BCUT2D eigenvalue weighted by molar-refractivity contribution is -0.137. The molecule has 0 aliphatic rings. The van der Waals surface area contributed by atoms with Crippen LogP contribution in [0.1, 0.15) is 5.56 Å². The van der Waals surface area contributed by atoms with Crippen LogP contribution in [0.25, 0.3) is 22.2 Å². The lowest BCUT2D eigenvalue weighted by Gasteiger charge is -2.08. The Labute approximate surface area is 117 Å². The summed E-state index contributed by atoms with van der Waals surface area (Å²) < 4.78 is 38.2. The minimum Gasteiger partial charge on any atom is -0.507 e. The van der Waals surface area contributed by atoms with Gasteiger partial charge in [-0.05, 0) is 30.3 Å². The van der Waals surface area contributed by atoms with Gasteiger partial charge < -0.3 is 5.11 Å². The number of halogens is 3. The van der Waals surface area contributed by atoms with Crippen molar-refractivity contribution in [3.8, 4) is 17.0 Å². The van der Waals surface area contributed by atoms with E-state index < -0.39 is 11.7 Å². The lowest BCUT2D eigenvalue weighted by atomic mass is 10.1. The van der Waals surface area contributed by atoms with Crippen LogP contribution in [0, 0.1) is 0 Å². The highest BCUT2D eigenvalue weighted by Gasteiger charge is 2.30. The molecule has 2 aromatic carbocycles. The molecule has 0 saturated heterocycles. The third-order valence-electron chi connectivity index (χ3n) is 3.09. The minimum absolute atomic E-state index is 0.00984. The predicted molar refractivity (Wildman–Crippen MR) is 71.6 cm³/mol. The van der Waals surface area contributed by atoms with Gasteiger partial charge in [0, 0.05) is 10.9 Å². The van der Waals surface area contributed by atoms with Gasteiger partial charge in [0.05, 0.1) is 16.8 Å². The number of aromatic hydroxyl groups is 1. The molecule has 0 aliphatic heterocycles. The van der Waals surface area contributed by atoms with Crippen LogP contribution in [0.4, 0.5) is 13.2 Å². The zero-order valence-electron chi connectivity index (χ0n) is 10.6. The number of phenolic OH excluding ortho intramolecular Hbond substituents is 1. The number of alkyl halides is 3. The highest BCUT2D eigenvalue weighted by molar-refractivity contribution is 5.87. The number of hydrogen-bond donors (Lipinski definition) is 1. The zero-order chi connectivity index (χ0) is 15.0. The van der Waals surface area contributed by atoms with E-state index in [9.17, 15) is 18.3 Å². The first-order valence-electron chi connectivity index (χ1n) is 6.08. The number of rotatable bonds is 1. The number of hydrogen-bond acceptors (Lipinski definition) is 3. The van der Waals surface area contributed by atoms with Gasteiger partial charge in [0.2, 0.25) is 0 Å². The molecule has 1 heterocycles. The maximum Gasteiger partial charge on any atom is 0.416 e. The third kappa shape index (κ3) is 2.52. The minimum atomic E-state index is -4.41. The van der Waals surface area contributed by atoms with Crippen LogP contribution < -0.4 is 0 Å². The van der Waals surface area contributed by atoms with Gasteiger partial charge in [-0.25, -0.2) is 0 Å². The van der Waals surface area contributed by atoms with E-state index in [4.69, 9.17) is 0 Å². The topological polar surface area (TPSA) is 46.0 Å². The van der Waals surface area contributed by atoms with Crippen molar-refractivity contribution in [2.75, 3.05) is 0 Å². The summed E-state index contributed by atoms with van der Waals surface area (Å²) in [5, 5.41) is 18.1. The third-order valence-corrected chi connectivity index (χ3v) is 3.09. The van der Waals surface area contributed by atoms with Crippen molar-refractivity contribution in [2.24, 2.45) is 0 Å². The summed E-state index contributed by atoms with van der Waals surface area (Å²) >= 11 is 0. The van der Waals surface area contributed by atoms with E-state index in [-0.39, 0.29) is 11.4 Å². The van der Waals surface area contributed by atoms with Gasteiger partial charge in [-0.15, -0.1) is 10.2 Å². The average Bonchev–Trinajstić information content (AvgIpc) is 2.47. The second-order valence-corrected chi connectivity index (χ2v) is 4.52. The second-order valence-electron chi connectivity index (χ2n) is 4.52. The summed E-state index contributed by atoms with van der Waals surface area (Å²) in [6.45, 7) is 0. The van der Waals surface area contributed by atoms with Crippen molar-refractivity contribution < 1.29 is 18.3 Å². The number of fused-ring (bicyclic) bond motifs is 1. The molecule has 0 atom stereocenters. The smallest absolute Gasteiger partial charge is 0.416 e. The molecular weight excluding hydrogens is 281 g/mol. The van der Waals surface area contributed by atoms with Crippen molar-refractivity contribution >= 4 is 10.9 Å². The molecular formula is C15H9F3N2O. The van der Waals surface area contributed by atoms with E-state index in [0.29, 0.717) is 16.5 Å². The van der Waals surface area contributed by atoms with E-state index in [2.05, 4.69) is 10.2 Å². The fraction of sp³-hybridized carbons (Fsp3) is 0.0667. The molecule has 0 spiro atoms. The Morgan fingerprint density at radius 3 is 2.43 bits per heavy atom. The average molecular weight is 290 g/mol. The SMILES string of the molecule is Oc1cccc2nnc(-c3cccc(C(F)(F)F)c3)cc12. The van der Waals surface area contributed by atoms with Gasteiger partial charge in [-0.1, -0.05) is 18.2 Å². The van der Waals surface area contributed by atoms with Crippen LogP contribution >= 0.6 is 0 Å². The molecule has 0 bridgehead atoms. The van der Waals surface area contributed by atoms with Crippen molar-refractivity contribution in [3.63, 3.8) is 0 Å². The molecule has 0 amide bonds. The Bertz CT molecular complexity index is 815. The van der Waals surface area contributed by atoms with Gasteiger partial charge in [-0.3, -0.25) is 0 Å². The van der Waals surface area contributed by atoms with Crippen molar-refractivity contribution in [1.29, 1.82) is 0 Å². The Balaban J connectivity index is 2.15. The predicted octanol–water partition coefficient (Wildman–Crippen LogP) is 4.02. The quantitative estimate of drug-likeness (QED) is 0.736. The van der Waals surface area contributed by atoms with Gasteiger partial charge in [0.25, 0.3) is 0 Å². The molecule has 1 N–H and O–H groups in total. The molecule has 21 heavy (non-hydrogen) atoms. The highest BCUT2D eigenvalue weighted by atomic mass is 19.4. The van der Waals surface area contributed by atoms with Crippen LogP contribution in [0.5, 0.6) is 5.75 Å². The largest absolute Gasteiger partial charge is 0.507 e. The first-order chi connectivity index (χ1) is 9.95. The number of phenols is 1. The van der Waals surface area contributed by atoms with Crippen LogP contribution in [0.15, 0.2) is 48.5 Å². The van der Waals surface area contributed by atoms with Crippen molar-refractivity contribution in [3.05, 3.63) is 54.1 Å². The molecule has 6 heteroatoms. The molecule has 0 aliphatic carbocycles. The first-order valence-corrected chi connectivity index (χ1v) is 6.08. The summed E-state index contributed by atoms with van der Waals surface area (Å²) in [5.74, 6) is 0.00984. The molecule has 3 nitrogen and oxygen atoms in total. The van der Waals surface area contributed by atoms with E-state index in [1.165, 1.54) is 24.3 Å². The monoisotopic (exact) mass is 290 g/mol. The number of nitrogens with zero attached hydrogens (tertiary/aromatic N) is 2. The molecule has 106 valence electrons. The van der Waals surface area contributed by atoms with Gasteiger partial charge in [-0.2, -0.15) is 13.2 Å². The Kier molecular flexibility index (Phi) is 3.01. The lowest BCUT2D eigenvalue weighted by Crippen LogP contribution is -2.04. The van der Waals surface area contributed by atoms with E-state index in [1.807, 2.05) is 0 Å². The summed E-state index contributed by atoms with van der Waals surface area (Å²) in [6, 6.07) is 11.1. The van der Waals surface area contributed by atoms with Gasteiger partial charge in [0.15, 0.2) is 0 Å². The molecule has 0 fully saturated rings. The van der Waals surface area contributed by atoms with E-state index in [1.54, 1.807) is 12.1 Å². The van der Waals surface area contributed by atoms with Crippen molar-refractivity contribution in [2.45, 2.75) is 6.18 Å². The Morgan fingerprint density at radius 1 is 0.905 bits per heavy atom. The molecule has 3 rings (SSSR count). The van der Waals surface area contributed by atoms with Crippen LogP contribution in [0.3, 0.4) is 0 Å². The summed E-state index contributed by atoms with van der Waals surface area (Å²) in [4.78, 5) is 0. The maximum atomic E-state index is 12.7. The molecule has 3 aromatic rings. The van der Waals surface area contributed by atoms with Crippen LogP contribution in [-0.4, -0.2) is 15.3 Å². The molecule has 0 unspecified atom stereocenters. The molecule has 0 radical (unpaired) electrons. The second kappa shape index (κ2) is 4.73. The Hall–Kier alpha value is -2.63. The molecule has 1 aromatic heterocycles. The number of benzene rings is 2. The zero-order valence-corrected chi connectivity index (χ0v) is 10.6. The fourth-order valence-corrected chi connectivity index (χ4v) is 2.05. The summed E-state index contributed by atoms with van der Waals surface area (Å²) in [6.07, 6.45) is -4.41.